The van der Waals surface area contributed by atoms with Crippen LogP contribution in [0.25, 0.3) is 22.0 Å². The molecule has 1 N–H and O–H groups in total. The average molecular weight is 336 g/mol. The molecule has 0 bridgehead atoms. The van der Waals surface area contributed by atoms with Gasteiger partial charge in [-0.2, -0.15) is 0 Å². The van der Waals surface area contributed by atoms with Crippen molar-refractivity contribution >= 4 is 33.6 Å². The third-order valence-electron chi connectivity index (χ3n) is 3.85. The Morgan fingerprint density at radius 3 is 2.76 bits per heavy atom. The number of rotatable bonds is 3. The number of anilines is 1. The lowest BCUT2D eigenvalue weighted by Crippen LogP contribution is -2.11. The molecule has 0 aliphatic heterocycles. The molecule has 0 fully saturated rings. The van der Waals surface area contributed by atoms with Gasteiger partial charge in [0.15, 0.2) is 5.76 Å². The van der Waals surface area contributed by atoms with E-state index in [4.69, 9.17) is 9.15 Å². The maximum Gasteiger partial charge on any atom is 0.291 e. The SMILES string of the molecule is COc1ccc2nc3oc(C(=O)Nc4ccccc4F)cc3cc2c1. The van der Waals surface area contributed by atoms with Crippen molar-refractivity contribution in [2.45, 2.75) is 0 Å². The van der Waals surface area contributed by atoms with Gasteiger partial charge in [-0.25, -0.2) is 9.37 Å². The number of carbonyl (C=O) groups excluding carboxylic acids is 1. The molecule has 0 saturated carbocycles. The van der Waals surface area contributed by atoms with Gasteiger partial charge in [0, 0.05) is 10.8 Å². The quantitative estimate of drug-likeness (QED) is 0.603. The average Bonchev–Trinajstić information content (AvgIpc) is 3.04. The zero-order chi connectivity index (χ0) is 17.4. The predicted molar refractivity (Wildman–Crippen MR) is 92.4 cm³/mol. The summed E-state index contributed by atoms with van der Waals surface area (Å²) in [6.45, 7) is 0. The van der Waals surface area contributed by atoms with E-state index in [1.807, 2.05) is 18.2 Å². The van der Waals surface area contributed by atoms with Crippen molar-refractivity contribution in [1.29, 1.82) is 0 Å². The number of pyridine rings is 1. The van der Waals surface area contributed by atoms with Gasteiger partial charge in [0.2, 0.25) is 5.71 Å². The van der Waals surface area contributed by atoms with Gasteiger partial charge in [-0.1, -0.05) is 12.1 Å². The van der Waals surface area contributed by atoms with Crippen LogP contribution < -0.4 is 10.1 Å². The lowest BCUT2D eigenvalue weighted by atomic mass is 10.2. The standard InChI is InChI=1S/C19H13FN2O3/c1-24-13-6-7-15-11(9-13)8-12-10-17(25-19(12)22-15)18(23)21-16-5-3-2-4-14(16)20/h2-10H,1H3,(H,21,23). The number of para-hydroxylation sites is 1. The predicted octanol–water partition coefficient (Wildman–Crippen LogP) is 4.38. The number of hydrogen-bond donors (Lipinski definition) is 1. The molecule has 4 rings (SSSR count). The summed E-state index contributed by atoms with van der Waals surface area (Å²) in [6, 6.07) is 14.9. The second-order valence-corrected chi connectivity index (χ2v) is 5.49. The lowest BCUT2D eigenvalue weighted by Gasteiger charge is -2.03. The molecule has 5 nitrogen and oxygen atoms in total. The highest BCUT2D eigenvalue weighted by atomic mass is 19.1. The molecular weight excluding hydrogens is 323 g/mol. The van der Waals surface area contributed by atoms with Crippen molar-refractivity contribution in [1.82, 2.24) is 4.98 Å². The molecule has 2 aromatic heterocycles. The van der Waals surface area contributed by atoms with Crippen LogP contribution in [0.4, 0.5) is 10.1 Å². The van der Waals surface area contributed by atoms with E-state index in [0.717, 1.165) is 16.7 Å². The molecule has 0 aliphatic carbocycles. The molecule has 0 atom stereocenters. The second-order valence-electron chi connectivity index (χ2n) is 5.49. The van der Waals surface area contributed by atoms with E-state index in [-0.39, 0.29) is 11.4 Å². The first-order valence-corrected chi connectivity index (χ1v) is 7.58. The third kappa shape index (κ3) is 2.78. The zero-order valence-corrected chi connectivity index (χ0v) is 13.2. The molecule has 124 valence electrons. The summed E-state index contributed by atoms with van der Waals surface area (Å²) >= 11 is 0. The molecule has 6 heteroatoms. The van der Waals surface area contributed by atoms with Crippen molar-refractivity contribution in [2.24, 2.45) is 0 Å². The Morgan fingerprint density at radius 1 is 1.12 bits per heavy atom. The molecule has 0 saturated heterocycles. The maximum atomic E-state index is 13.7. The van der Waals surface area contributed by atoms with Crippen molar-refractivity contribution in [3.05, 3.63) is 66.2 Å². The highest BCUT2D eigenvalue weighted by Crippen LogP contribution is 2.26. The van der Waals surface area contributed by atoms with Gasteiger partial charge in [0.05, 0.1) is 18.3 Å². The van der Waals surface area contributed by atoms with Gasteiger partial charge in [0.25, 0.3) is 5.91 Å². The summed E-state index contributed by atoms with van der Waals surface area (Å²) in [5, 5.41) is 4.04. The molecule has 1 amide bonds. The molecular formula is C19H13FN2O3. The zero-order valence-electron chi connectivity index (χ0n) is 13.2. The smallest absolute Gasteiger partial charge is 0.291 e. The summed E-state index contributed by atoms with van der Waals surface area (Å²) in [5.41, 5.74) is 1.16. The fraction of sp³-hybridized carbons (Fsp3) is 0.0526. The highest BCUT2D eigenvalue weighted by molar-refractivity contribution is 6.05. The van der Waals surface area contributed by atoms with Gasteiger partial charge in [-0.3, -0.25) is 4.79 Å². The minimum Gasteiger partial charge on any atom is -0.497 e. The van der Waals surface area contributed by atoms with Gasteiger partial charge in [-0.15, -0.1) is 0 Å². The normalized spacial score (nSPS) is 11.0. The number of nitrogens with zero attached hydrogens (tertiary/aromatic N) is 1. The molecule has 0 unspecified atom stereocenters. The Hall–Kier alpha value is -3.41. The van der Waals surface area contributed by atoms with Crippen LogP contribution >= 0.6 is 0 Å². The van der Waals surface area contributed by atoms with E-state index < -0.39 is 11.7 Å². The van der Waals surface area contributed by atoms with E-state index in [1.165, 1.54) is 12.1 Å². The monoisotopic (exact) mass is 336 g/mol. The summed E-state index contributed by atoms with van der Waals surface area (Å²) in [7, 11) is 1.59. The highest BCUT2D eigenvalue weighted by Gasteiger charge is 2.15. The summed E-state index contributed by atoms with van der Waals surface area (Å²) in [4.78, 5) is 16.7. The van der Waals surface area contributed by atoms with Crippen LogP contribution in [0.3, 0.4) is 0 Å². The van der Waals surface area contributed by atoms with E-state index in [9.17, 15) is 9.18 Å². The van der Waals surface area contributed by atoms with Gasteiger partial charge in [0.1, 0.15) is 11.6 Å². The van der Waals surface area contributed by atoms with Crippen LogP contribution in [0.1, 0.15) is 10.6 Å². The number of halogens is 1. The van der Waals surface area contributed by atoms with Crippen LogP contribution in [0.15, 0.2) is 59.0 Å². The Balaban J connectivity index is 1.71. The molecule has 0 spiro atoms. The van der Waals surface area contributed by atoms with Crippen molar-refractivity contribution in [3.63, 3.8) is 0 Å². The van der Waals surface area contributed by atoms with Crippen molar-refractivity contribution < 1.29 is 18.3 Å². The lowest BCUT2D eigenvalue weighted by molar-refractivity contribution is 0.0998. The summed E-state index contributed by atoms with van der Waals surface area (Å²) in [5.74, 6) is -0.268. The summed E-state index contributed by atoms with van der Waals surface area (Å²) in [6.07, 6.45) is 0. The number of amides is 1. The van der Waals surface area contributed by atoms with Crippen LogP contribution in [0.5, 0.6) is 5.75 Å². The number of aromatic nitrogens is 1. The number of carbonyl (C=O) groups is 1. The van der Waals surface area contributed by atoms with Gasteiger partial charge >= 0.3 is 0 Å². The first-order chi connectivity index (χ1) is 12.1. The van der Waals surface area contributed by atoms with Crippen molar-refractivity contribution in [3.8, 4) is 5.75 Å². The molecule has 2 heterocycles. The number of hydrogen-bond acceptors (Lipinski definition) is 4. The maximum absolute atomic E-state index is 13.7. The molecule has 0 radical (unpaired) electrons. The Labute approximate surface area is 142 Å². The molecule has 2 aromatic carbocycles. The van der Waals surface area contributed by atoms with Crippen LogP contribution in [-0.2, 0) is 0 Å². The number of ether oxygens (including phenoxy) is 1. The number of fused-ring (bicyclic) bond motifs is 2. The van der Waals surface area contributed by atoms with Crippen molar-refractivity contribution in [2.75, 3.05) is 12.4 Å². The summed E-state index contributed by atoms with van der Waals surface area (Å²) < 4.78 is 24.4. The first-order valence-electron chi connectivity index (χ1n) is 7.58. The topological polar surface area (TPSA) is 64.4 Å². The van der Waals surface area contributed by atoms with Crippen LogP contribution in [0, 0.1) is 5.82 Å². The van der Waals surface area contributed by atoms with Crippen LogP contribution in [0.2, 0.25) is 0 Å². The third-order valence-corrected chi connectivity index (χ3v) is 3.85. The molecule has 0 aliphatic rings. The number of nitrogens with one attached hydrogen (secondary N) is 1. The Bertz CT molecular complexity index is 1100. The largest absolute Gasteiger partial charge is 0.497 e. The minimum atomic E-state index is -0.537. The number of benzene rings is 2. The van der Waals surface area contributed by atoms with Crippen LogP contribution in [-0.4, -0.2) is 18.0 Å². The van der Waals surface area contributed by atoms with E-state index in [0.29, 0.717) is 11.1 Å². The van der Waals surface area contributed by atoms with E-state index in [2.05, 4.69) is 10.3 Å². The fourth-order valence-corrected chi connectivity index (χ4v) is 2.60. The van der Waals surface area contributed by atoms with E-state index in [1.54, 1.807) is 31.4 Å². The van der Waals surface area contributed by atoms with Gasteiger partial charge in [-0.05, 0) is 42.5 Å². The Morgan fingerprint density at radius 2 is 1.96 bits per heavy atom. The molecule has 4 aromatic rings. The number of methoxy groups -OCH3 is 1. The van der Waals surface area contributed by atoms with Gasteiger partial charge < -0.3 is 14.5 Å². The van der Waals surface area contributed by atoms with E-state index >= 15 is 0 Å². The second kappa shape index (κ2) is 5.90. The first kappa shape index (κ1) is 15.1. The molecule has 25 heavy (non-hydrogen) atoms. The number of furan rings is 1. The Kier molecular flexibility index (Phi) is 3.57. The minimum absolute atomic E-state index is 0.0630. The fourth-order valence-electron chi connectivity index (χ4n) is 2.60.